The third kappa shape index (κ3) is 8.18. The SMILES string of the molecule is CCC(CC)C(=O)N(Cc1ccc(C(=O)NCc2cccc(C)c2)cc1)C1CCN(Cc2ccc(Cl)cc2)CC1. The molecule has 40 heavy (non-hydrogen) atoms. The van der Waals surface area contributed by atoms with Crippen molar-refractivity contribution in [3.8, 4) is 0 Å². The van der Waals surface area contributed by atoms with E-state index in [1.54, 1.807) is 0 Å². The van der Waals surface area contributed by atoms with E-state index in [-0.39, 0.29) is 23.8 Å². The fraction of sp³-hybridized carbons (Fsp3) is 0.412. The fourth-order valence-electron chi connectivity index (χ4n) is 5.56. The summed E-state index contributed by atoms with van der Waals surface area (Å²) < 4.78 is 0. The predicted octanol–water partition coefficient (Wildman–Crippen LogP) is 7.01. The number of halogens is 1. The fourth-order valence-corrected chi connectivity index (χ4v) is 5.69. The lowest BCUT2D eigenvalue weighted by molar-refractivity contribution is -0.140. The van der Waals surface area contributed by atoms with Crippen LogP contribution in [0, 0.1) is 12.8 Å². The topological polar surface area (TPSA) is 52.7 Å². The monoisotopic (exact) mass is 559 g/mol. The second-order valence-electron chi connectivity index (χ2n) is 11.0. The number of piperidine rings is 1. The minimum atomic E-state index is -0.0916. The van der Waals surface area contributed by atoms with Crippen molar-refractivity contribution in [2.45, 2.75) is 72.1 Å². The molecule has 5 nitrogen and oxygen atoms in total. The van der Waals surface area contributed by atoms with Gasteiger partial charge in [-0.25, -0.2) is 0 Å². The number of nitrogens with one attached hydrogen (secondary N) is 1. The van der Waals surface area contributed by atoms with E-state index < -0.39 is 0 Å². The number of nitrogens with zero attached hydrogens (tertiary/aromatic N) is 2. The molecule has 0 aromatic heterocycles. The second-order valence-corrected chi connectivity index (χ2v) is 11.4. The first-order valence-corrected chi connectivity index (χ1v) is 14.9. The summed E-state index contributed by atoms with van der Waals surface area (Å²) in [6.07, 6.45) is 3.61. The summed E-state index contributed by atoms with van der Waals surface area (Å²) in [5.74, 6) is 0.200. The molecule has 0 saturated carbocycles. The molecule has 1 N–H and O–H groups in total. The van der Waals surface area contributed by atoms with Gasteiger partial charge in [0.1, 0.15) is 0 Å². The molecule has 3 aromatic carbocycles. The zero-order valence-electron chi connectivity index (χ0n) is 24.0. The highest BCUT2D eigenvalue weighted by Gasteiger charge is 2.31. The first kappa shape index (κ1) is 29.8. The van der Waals surface area contributed by atoms with Crippen molar-refractivity contribution in [2.75, 3.05) is 13.1 Å². The number of amides is 2. The molecule has 0 bridgehead atoms. The van der Waals surface area contributed by atoms with Gasteiger partial charge in [-0.05, 0) is 73.6 Å². The number of carbonyl (C=O) groups is 2. The van der Waals surface area contributed by atoms with Crippen LogP contribution in [0.5, 0.6) is 0 Å². The molecule has 0 spiro atoms. The molecule has 212 valence electrons. The van der Waals surface area contributed by atoms with E-state index in [0.717, 1.165) is 61.5 Å². The normalized spacial score (nSPS) is 14.3. The highest BCUT2D eigenvalue weighted by atomic mass is 35.5. The zero-order valence-corrected chi connectivity index (χ0v) is 24.8. The van der Waals surface area contributed by atoms with Gasteiger partial charge >= 0.3 is 0 Å². The number of aryl methyl sites for hydroxylation is 1. The molecule has 0 atom stereocenters. The van der Waals surface area contributed by atoms with Gasteiger partial charge in [-0.1, -0.05) is 79.5 Å². The molecular formula is C34H42ClN3O2. The Morgan fingerprint density at radius 2 is 1.57 bits per heavy atom. The molecule has 1 aliphatic rings. The Labute approximate surface area is 244 Å². The standard InChI is InChI=1S/C34H42ClN3O2/c1-4-29(5-2)34(40)38(32-17-19-37(20-18-32)23-26-11-15-31(35)16-12-26)24-27-9-13-30(14-10-27)33(39)36-22-28-8-6-7-25(3)21-28/h6-16,21,29,32H,4-5,17-20,22-24H2,1-3H3,(H,36,39). The van der Waals surface area contributed by atoms with Gasteiger partial charge in [0.25, 0.3) is 5.91 Å². The van der Waals surface area contributed by atoms with Gasteiger partial charge in [-0.2, -0.15) is 0 Å². The molecule has 0 radical (unpaired) electrons. The van der Waals surface area contributed by atoms with Crippen LogP contribution in [0.4, 0.5) is 0 Å². The van der Waals surface area contributed by atoms with Crippen LogP contribution in [0.1, 0.15) is 72.1 Å². The molecule has 1 saturated heterocycles. The van der Waals surface area contributed by atoms with Crippen molar-refractivity contribution < 1.29 is 9.59 Å². The highest BCUT2D eigenvalue weighted by Crippen LogP contribution is 2.25. The van der Waals surface area contributed by atoms with E-state index in [1.165, 1.54) is 11.1 Å². The summed E-state index contributed by atoms with van der Waals surface area (Å²) in [4.78, 5) is 31.0. The van der Waals surface area contributed by atoms with Gasteiger partial charge in [0.05, 0.1) is 0 Å². The molecule has 1 heterocycles. The van der Waals surface area contributed by atoms with E-state index in [9.17, 15) is 9.59 Å². The summed E-state index contributed by atoms with van der Waals surface area (Å²) in [7, 11) is 0. The van der Waals surface area contributed by atoms with E-state index in [0.29, 0.717) is 18.7 Å². The molecule has 2 amide bonds. The van der Waals surface area contributed by atoms with Crippen molar-refractivity contribution in [2.24, 2.45) is 5.92 Å². The number of hydrogen-bond donors (Lipinski definition) is 1. The average molecular weight is 560 g/mol. The quantitative estimate of drug-likeness (QED) is 0.275. The second kappa shape index (κ2) is 14.5. The molecule has 3 aromatic rings. The van der Waals surface area contributed by atoms with E-state index in [4.69, 9.17) is 11.6 Å². The summed E-state index contributed by atoms with van der Waals surface area (Å²) >= 11 is 6.05. The maximum atomic E-state index is 13.7. The van der Waals surface area contributed by atoms with E-state index in [1.807, 2.05) is 61.5 Å². The summed E-state index contributed by atoms with van der Waals surface area (Å²) in [6, 6.07) is 24.1. The third-order valence-corrected chi connectivity index (χ3v) is 8.29. The van der Waals surface area contributed by atoms with Crippen LogP contribution < -0.4 is 5.32 Å². The van der Waals surface area contributed by atoms with Gasteiger partial charge < -0.3 is 10.2 Å². The molecular weight excluding hydrogens is 518 g/mol. The Bertz CT molecular complexity index is 1250. The van der Waals surface area contributed by atoms with Gasteiger partial charge in [-0.15, -0.1) is 0 Å². The maximum absolute atomic E-state index is 13.7. The Kier molecular flexibility index (Phi) is 10.8. The number of likely N-dealkylation sites (tertiary alicyclic amines) is 1. The minimum Gasteiger partial charge on any atom is -0.348 e. The lowest BCUT2D eigenvalue weighted by Gasteiger charge is -2.40. The van der Waals surface area contributed by atoms with Crippen LogP contribution in [0.15, 0.2) is 72.8 Å². The maximum Gasteiger partial charge on any atom is 0.251 e. The van der Waals surface area contributed by atoms with Crippen LogP contribution in [0.3, 0.4) is 0 Å². The molecule has 0 unspecified atom stereocenters. The first-order chi connectivity index (χ1) is 19.4. The highest BCUT2D eigenvalue weighted by molar-refractivity contribution is 6.30. The van der Waals surface area contributed by atoms with Gasteiger partial charge in [0, 0.05) is 55.3 Å². The zero-order chi connectivity index (χ0) is 28.5. The van der Waals surface area contributed by atoms with Crippen molar-refractivity contribution >= 4 is 23.4 Å². The minimum absolute atomic E-state index is 0.0405. The van der Waals surface area contributed by atoms with Gasteiger partial charge in [0.15, 0.2) is 0 Å². The first-order valence-electron chi connectivity index (χ1n) is 14.6. The van der Waals surface area contributed by atoms with E-state index in [2.05, 4.69) is 47.2 Å². The third-order valence-electron chi connectivity index (χ3n) is 8.04. The molecule has 1 fully saturated rings. The summed E-state index contributed by atoms with van der Waals surface area (Å²) in [6.45, 7) is 10.1. The number of hydrogen-bond acceptors (Lipinski definition) is 3. The molecule has 4 rings (SSSR count). The van der Waals surface area contributed by atoms with Crippen molar-refractivity contribution in [1.82, 2.24) is 15.1 Å². The largest absolute Gasteiger partial charge is 0.348 e. The van der Waals surface area contributed by atoms with Crippen molar-refractivity contribution in [1.29, 1.82) is 0 Å². The average Bonchev–Trinajstić information content (AvgIpc) is 2.97. The van der Waals surface area contributed by atoms with Crippen LogP contribution in [-0.4, -0.2) is 40.7 Å². The van der Waals surface area contributed by atoms with E-state index >= 15 is 0 Å². The number of carbonyl (C=O) groups excluding carboxylic acids is 2. The van der Waals surface area contributed by atoms with Crippen LogP contribution >= 0.6 is 11.6 Å². The molecule has 6 heteroatoms. The van der Waals surface area contributed by atoms with Crippen LogP contribution in [0.2, 0.25) is 5.02 Å². The lowest BCUT2D eigenvalue weighted by atomic mass is 9.96. The van der Waals surface area contributed by atoms with Crippen LogP contribution in [-0.2, 0) is 24.4 Å². The van der Waals surface area contributed by atoms with Crippen LogP contribution in [0.25, 0.3) is 0 Å². The summed E-state index contributed by atoms with van der Waals surface area (Å²) in [5.41, 5.74) is 5.20. The van der Waals surface area contributed by atoms with Gasteiger partial charge in [-0.3, -0.25) is 14.5 Å². The smallest absolute Gasteiger partial charge is 0.251 e. The summed E-state index contributed by atoms with van der Waals surface area (Å²) in [5, 5.41) is 3.77. The predicted molar refractivity (Wildman–Crippen MR) is 163 cm³/mol. The van der Waals surface area contributed by atoms with Gasteiger partial charge in [0.2, 0.25) is 5.91 Å². The lowest BCUT2D eigenvalue weighted by Crippen LogP contribution is -2.48. The Morgan fingerprint density at radius 3 is 2.20 bits per heavy atom. The molecule has 0 aliphatic carbocycles. The molecule has 1 aliphatic heterocycles. The number of rotatable bonds is 11. The Balaban J connectivity index is 1.38. The number of benzene rings is 3. The Hall–Kier alpha value is -3.15. The van der Waals surface area contributed by atoms with Crippen molar-refractivity contribution in [3.63, 3.8) is 0 Å². The Morgan fingerprint density at radius 1 is 0.925 bits per heavy atom. The van der Waals surface area contributed by atoms with Crippen molar-refractivity contribution in [3.05, 3.63) is 106 Å².